The van der Waals surface area contributed by atoms with Gasteiger partial charge in [-0.2, -0.15) is 26.3 Å². The molecule has 1 aromatic rings. The molecule has 1 aromatic carbocycles. The lowest BCUT2D eigenvalue weighted by atomic mass is 9.67. The SMILES string of the molecule is CCOC(=O)OC1CC=C(C(CC)(CC)c2ccc(C#CC(O)(C(F)(F)F)C(F)(F)F)c(C)c2)C=C1C. The molecule has 1 unspecified atom stereocenters. The van der Waals surface area contributed by atoms with Crippen LogP contribution in [0.5, 0.6) is 0 Å². The van der Waals surface area contributed by atoms with E-state index in [1.807, 2.05) is 38.8 Å². The zero-order valence-corrected chi connectivity index (χ0v) is 21.2. The molecule has 0 saturated heterocycles. The summed E-state index contributed by atoms with van der Waals surface area (Å²) in [7, 11) is 0. The Kier molecular flexibility index (Phi) is 9.18. The molecule has 0 bridgehead atoms. The fraction of sp³-hybridized carbons (Fsp3) is 0.519. The molecule has 0 aliphatic heterocycles. The first-order chi connectivity index (χ1) is 17.1. The fourth-order valence-electron chi connectivity index (χ4n) is 4.35. The summed E-state index contributed by atoms with van der Waals surface area (Å²) in [5.41, 5.74) is -2.77. The Bertz CT molecular complexity index is 1100. The number of rotatable bonds is 6. The Hall–Kier alpha value is -2.93. The Morgan fingerprint density at radius 2 is 1.65 bits per heavy atom. The third-order valence-electron chi connectivity index (χ3n) is 6.68. The topological polar surface area (TPSA) is 55.8 Å². The van der Waals surface area contributed by atoms with E-state index in [0.29, 0.717) is 24.8 Å². The summed E-state index contributed by atoms with van der Waals surface area (Å²) in [5.74, 6) is 2.88. The van der Waals surface area contributed by atoms with Gasteiger partial charge in [0, 0.05) is 17.4 Å². The van der Waals surface area contributed by atoms with Crippen molar-refractivity contribution in [2.45, 2.75) is 83.4 Å². The number of benzene rings is 1. The van der Waals surface area contributed by atoms with Crippen LogP contribution in [0.4, 0.5) is 31.1 Å². The Morgan fingerprint density at radius 1 is 1.05 bits per heavy atom. The van der Waals surface area contributed by atoms with Crippen molar-refractivity contribution in [2.75, 3.05) is 6.61 Å². The van der Waals surface area contributed by atoms with E-state index in [2.05, 4.69) is 0 Å². The number of hydrogen-bond acceptors (Lipinski definition) is 4. The molecule has 2 rings (SSSR count). The molecule has 0 spiro atoms. The molecule has 37 heavy (non-hydrogen) atoms. The highest BCUT2D eigenvalue weighted by Gasteiger charge is 2.70. The van der Waals surface area contributed by atoms with Crippen molar-refractivity contribution in [2.24, 2.45) is 0 Å². The summed E-state index contributed by atoms with van der Waals surface area (Å²) < 4.78 is 88.0. The molecule has 1 atom stereocenters. The van der Waals surface area contributed by atoms with Gasteiger partial charge in [-0.25, -0.2) is 4.79 Å². The van der Waals surface area contributed by atoms with Crippen LogP contribution in [-0.2, 0) is 14.9 Å². The molecule has 0 aromatic heterocycles. The Balaban J connectivity index is 2.45. The lowest BCUT2D eigenvalue weighted by Crippen LogP contribution is -2.55. The molecule has 4 nitrogen and oxygen atoms in total. The highest BCUT2D eigenvalue weighted by Crippen LogP contribution is 2.44. The van der Waals surface area contributed by atoms with E-state index in [0.717, 1.165) is 22.6 Å². The van der Waals surface area contributed by atoms with E-state index in [4.69, 9.17) is 9.47 Å². The van der Waals surface area contributed by atoms with Gasteiger partial charge in [0.05, 0.1) is 6.61 Å². The highest BCUT2D eigenvalue weighted by molar-refractivity contribution is 5.61. The number of carbonyl (C=O) groups is 1. The van der Waals surface area contributed by atoms with Crippen molar-refractivity contribution in [3.8, 4) is 11.8 Å². The molecule has 10 heteroatoms. The second-order valence-corrected chi connectivity index (χ2v) is 8.85. The molecule has 1 aliphatic rings. The first-order valence-electron chi connectivity index (χ1n) is 11.8. The molecule has 0 heterocycles. The zero-order valence-electron chi connectivity index (χ0n) is 21.2. The lowest BCUT2D eigenvalue weighted by molar-refractivity contribution is -0.343. The number of alkyl halides is 6. The normalized spacial score (nSPS) is 16.8. The van der Waals surface area contributed by atoms with Gasteiger partial charge in [-0.05, 0) is 67.9 Å². The molecular formula is C27H30F6O4. The minimum absolute atomic E-state index is 0.0657. The van der Waals surface area contributed by atoms with Gasteiger partial charge in [-0.3, -0.25) is 0 Å². The number of aliphatic hydroxyl groups is 1. The third-order valence-corrected chi connectivity index (χ3v) is 6.68. The van der Waals surface area contributed by atoms with Crippen LogP contribution in [0.25, 0.3) is 0 Å². The van der Waals surface area contributed by atoms with Gasteiger partial charge >= 0.3 is 24.1 Å². The number of halogens is 6. The summed E-state index contributed by atoms with van der Waals surface area (Å²) >= 11 is 0. The number of hydrogen-bond donors (Lipinski definition) is 1. The van der Waals surface area contributed by atoms with Crippen LogP contribution in [-0.4, -0.2) is 41.9 Å². The molecule has 0 fully saturated rings. The van der Waals surface area contributed by atoms with Crippen LogP contribution < -0.4 is 0 Å². The number of carbonyl (C=O) groups excluding carboxylic acids is 1. The first kappa shape index (κ1) is 30.3. The van der Waals surface area contributed by atoms with Crippen molar-refractivity contribution in [3.63, 3.8) is 0 Å². The van der Waals surface area contributed by atoms with Crippen molar-refractivity contribution in [3.05, 3.63) is 58.2 Å². The second kappa shape index (κ2) is 11.2. The monoisotopic (exact) mass is 532 g/mol. The largest absolute Gasteiger partial charge is 0.508 e. The van der Waals surface area contributed by atoms with Crippen LogP contribution in [0.3, 0.4) is 0 Å². The lowest BCUT2D eigenvalue weighted by Gasteiger charge is -2.37. The molecule has 1 N–H and O–H groups in total. The van der Waals surface area contributed by atoms with E-state index in [1.54, 1.807) is 19.1 Å². The second-order valence-electron chi connectivity index (χ2n) is 8.85. The van der Waals surface area contributed by atoms with Gasteiger partial charge in [0.25, 0.3) is 0 Å². The summed E-state index contributed by atoms with van der Waals surface area (Å²) in [6.45, 7) is 9.18. The van der Waals surface area contributed by atoms with E-state index >= 15 is 0 Å². The summed E-state index contributed by atoms with van der Waals surface area (Å²) in [6, 6.07) is 4.66. The van der Waals surface area contributed by atoms with E-state index in [1.165, 1.54) is 13.0 Å². The van der Waals surface area contributed by atoms with Crippen LogP contribution in [0.1, 0.15) is 63.6 Å². The maximum absolute atomic E-state index is 13.0. The van der Waals surface area contributed by atoms with Crippen molar-refractivity contribution in [1.29, 1.82) is 0 Å². The fourth-order valence-corrected chi connectivity index (χ4v) is 4.35. The quantitative estimate of drug-likeness (QED) is 0.242. The molecule has 1 aliphatic carbocycles. The van der Waals surface area contributed by atoms with Crippen LogP contribution in [0, 0.1) is 18.8 Å². The maximum atomic E-state index is 13.0. The van der Waals surface area contributed by atoms with E-state index in [9.17, 15) is 36.2 Å². The van der Waals surface area contributed by atoms with Gasteiger partial charge in [-0.1, -0.05) is 44.1 Å². The van der Waals surface area contributed by atoms with Crippen LogP contribution in [0.15, 0.2) is 41.5 Å². The minimum atomic E-state index is -6.02. The van der Waals surface area contributed by atoms with Gasteiger partial charge in [-0.15, -0.1) is 0 Å². The predicted octanol–water partition coefficient (Wildman–Crippen LogP) is 7.08. The van der Waals surface area contributed by atoms with E-state index < -0.39 is 35.6 Å². The third kappa shape index (κ3) is 6.15. The minimum Gasteiger partial charge on any atom is -0.435 e. The molecular weight excluding hydrogens is 502 g/mol. The first-order valence-corrected chi connectivity index (χ1v) is 11.8. The van der Waals surface area contributed by atoms with Gasteiger partial charge in [0.1, 0.15) is 6.10 Å². The number of aryl methyl sites for hydroxylation is 1. The summed E-state index contributed by atoms with van der Waals surface area (Å²) in [4.78, 5) is 11.7. The van der Waals surface area contributed by atoms with Crippen LogP contribution in [0.2, 0.25) is 0 Å². The average molecular weight is 533 g/mol. The summed E-state index contributed by atoms with van der Waals surface area (Å²) in [5, 5.41) is 9.32. The maximum Gasteiger partial charge on any atom is 0.508 e. The predicted molar refractivity (Wildman–Crippen MR) is 126 cm³/mol. The van der Waals surface area contributed by atoms with Gasteiger partial charge < -0.3 is 14.6 Å². The Labute approximate surface area is 212 Å². The highest BCUT2D eigenvalue weighted by atomic mass is 19.4. The number of ether oxygens (including phenoxy) is 2. The van der Waals surface area contributed by atoms with Crippen molar-refractivity contribution < 1.29 is 45.7 Å². The molecule has 204 valence electrons. The van der Waals surface area contributed by atoms with Gasteiger partial charge in [0.2, 0.25) is 0 Å². The smallest absolute Gasteiger partial charge is 0.435 e. The Morgan fingerprint density at radius 3 is 2.11 bits per heavy atom. The van der Waals surface area contributed by atoms with Crippen LogP contribution >= 0.6 is 0 Å². The molecule has 0 saturated carbocycles. The van der Waals surface area contributed by atoms with Gasteiger partial charge in [0.15, 0.2) is 0 Å². The summed E-state index contributed by atoms with van der Waals surface area (Å²) in [6.07, 6.45) is -7.66. The zero-order chi connectivity index (χ0) is 28.2. The van der Waals surface area contributed by atoms with Crippen molar-refractivity contribution in [1.82, 2.24) is 0 Å². The van der Waals surface area contributed by atoms with Crippen molar-refractivity contribution >= 4 is 6.16 Å². The average Bonchev–Trinajstić information content (AvgIpc) is 2.79. The van der Waals surface area contributed by atoms with E-state index in [-0.39, 0.29) is 12.2 Å². The standard InChI is InChI=1S/C27H30F6O4/c1-6-24(7-2,21-11-12-22(18(5)16-21)37-23(34)36-8-3)20-10-9-19(17(4)15-20)13-14-25(35,26(28,29)30)27(31,32)33/h9-11,15-16,22,35H,6-8,12H2,1-5H3. The molecule has 0 radical (unpaired) electrons. The molecule has 0 amide bonds. The number of allylic oxidation sites excluding steroid dienone is 2.